The molecule has 118 valence electrons. The summed E-state index contributed by atoms with van der Waals surface area (Å²) < 4.78 is 5.27. The number of ether oxygens (including phenoxy) is 1. The molecule has 1 fully saturated rings. The van der Waals surface area contributed by atoms with Crippen LogP contribution in [0.3, 0.4) is 0 Å². The average molecular weight is 306 g/mol. The van der Waals surface area contributed by atoms with Gasteiger partial charge in [0, 0.05) is 30.9 Å². The van der Waals surface area contributed by atoms with Gasteiger partial charge < -0.3 is 4.74 Å². The Labute approximate surface area is 137 Å². The van der Waals surface area contributed by atoms with Crippen LogP contribution in [0.4, 0.5) is 0 Å². The first-order valence-electron chi connectivity index (χ1n) is 8.34. The van der Waals surface area contributed by atoms with E-state index >= 15 is 0 Å². The molecule has 2 atom stereocenters. The molecule has 1 aromatic heterocycles. The lowest BCUT2D eigenvalue weighted by Crippen LogP contribution is -2.37. The van der Waals surface area contributed by atoms with E-state index in [1.165, 1.54) is 29.5 Å². The van der Waals surface area contributed by atoms with Crippen molar-refractivity contribution >= 4 is 5.57 Å². The maximum absolute atomic E-state index is 5.27. The number of pyridine rings is 1. The number of aromatic nitrogens is 1. The van der Waals surface area contributed by atoms with Crippen molar-refractivity contribution in [1.29, 1.82) is 0 Å². The number of hydrogen-bond donors (Lipinski definition) is 0. The van der Waals surface area contributed by atoms with Crippen LogP contribution < -0.4 is 4.74 Å². The maximum Gasteiger partial charge on any atom is 0.213 e. The van der Waals surface area contributed by atoms with Gasteiger partial charge in [-0.25, -0.2) is 4.98 Å². The Kier molecular flexibility index (Phi) is 3.88. The van der Waals surface area contributed by atoms with Crippen molar-refractivity contribution in [3.8, 4) is 5.88 Å². The van der Waals surface area contributed by atoms with Crippen LogP contribution in [0.15, 0.2) is 54.7 Å². The summed E-state index contributed by atoms with van der Waals surface area (Å²) in [5.41, 5.74) is 4.11. The van der Waals surface area contributed by atoms with Crippen molar-refractivity contribution in [3.05, 3.63) is 65.9 Å². The van der Waals surface area contributed by atoms with Gasteiger partial charge in [-0.3, -0.25) is 4.90 Å². The summed E-state index contributed by atoms with van der Waals surface area (Å²) in [5, 5.41) is 0. The SMILES string of the molecule is COc1cc(C2=CC3CCC(C2)N3Cc2ccccc2)ccn1. The van der Waals surface area contributed by atoms with E-state index < -0.39 is 0 Å². The first kappa shape index (κ1) is 14.5. The second-order valence-electron chi connectivity index (χ2n) is 6.44. The smallest absolute Gasteiger partial charge is 0.213 e. The molecule has 0 spiro atoms. The second-order valence-corrected chi connectivity index (χ2v) is 6.44. The molecule has 3 nitrogen and oxygen atoms in total. The van der Waals surface area contributed by atoms with Crippen molar-refractivity contribution in [1.82, 2.24) is 9.88 Å². The molecule has 0 saturated carbocycles. The molecule has 2 aliphatic heterocycles. The van der Waals surface area contributed by atoms with E-state index in [1.54, 1.807) is 7.11 Å². The first-order valence-corrected chi connectivity index (χ1v) is 8.34. The van der Waals surface area contributed by atoms with E-state index in [1.807, 2.05) is 6.20 Å². The molecule has 2 aliphatic rings. The van der Waals surface area contributed by atoms with Gasteiger partial charge in [-0.05, 0) is 42.0 Å². The van der Waals surface area contributed by atoms with Gasteiger partial charge in [0.25, 0.3) is 0 Å². The van der Waals surface area contributed by atoms with Crippen molar-refractivity contribution in [2.45, 2.75) is 37.9 Å². The number of rotatable bonds is 4. The van der Waals surface area contributed by atoms with Gasteiger partial charge in [-0.1, -0.05) is 36.4 Å². The minimum atomic E-state index is 0.558. The van der Waals surface area contributed by atoms with Gasteiger partial charge in [-0.2, -0.15) is 0 Å². The van der Waals surface area contributed by atoms with Crippen molar-refractivity contribution in [3.63, 3.8) is 0 Å². The number of fused-ring (bicyclic) bond motifs is 2. The molecule has 23 heavy (non-hydrogen) atoms. The van der Waals surface area contributed by atoms with Crippen LogP contribution in [0.25, 0.3) is 5.57 Å². The fourth-order valence-corrected chi connectivity index (χ4v) is 3.89. The van der Waals surface area contributed by atoms with Crippen LogP contribution >= 0.6 is 0 Å². The number of hydrogen-bond acceptors (Lipinski definition) is 3. The van der Waals surface area contributed by atoms with E-state index in [9.17, 15) is 0 Å². The van der Waals surface area contributed by atoms with E-state index in [-0.39, 0.29) is 0 Å². The highest BCUT2D eigenvalue weighted by Gasteiger charge is 2.36. The zero-order valence-corrected chi connectivity index (χ0v) is 13.5. The summed E-state index contributed by atoms with van der Waals surface area (Å²) in [7, 11) is 1.67. The average Bonchev–Trinajstić information content (AvgIpc) is 2.84. The third-order valence-corrected chi connectivity index (χ3v) is 5.06. The third-order valence-electron chi connectivity index (χ3n) is 5.06. The number of methoxy groups -OCH3 is 1. The zero-order chi connectivity index (χ0) is 15.6. The molecule has 1 aromatic carbocycles. The fraction of sp³-hybridized carbons (Fsp3) is 0.350. The molecule has 2 aromatic rings. The van der Waals surface area contributed by atoms with Gasteiger partial charge in [0.15, 0.2) is 0 Å². The summed E-state index contributed by atoms with van der Waals surface area (Å²) in [6.07, 6.45) is 7.98. The minimum Gasteiger partial charge on any atom is -0.481 e. The predicted molar refractivity (Wildman–Crippen MR) is 92.2 cm³/mol. The highest BCUT2D eigenvalue weighted by atomic mass is 16.5. The Morgan fingerprint density at radius 3 is 2.83 bits per heavy atom. The summed E-state index contributed by atoms with van der Waals surface area (Å²) in [6, 6.07) is 16.2. The standard InChI is InChI=1S/C20H22N2O/c1-23-20-13-16(9-10-21-20)17-11-18-7-8-19(12-17)22(18)14-15-5-3-2-4-6-15/h2-6,9-11,13,18-19H,7-8,12,14H2,1H3. The van der Waals surface area contributed by atoms with Crippen LogP contribution in [0.5, 0.6) is 5.88 Å². The summed E-state index contributed by atoms with van der Waals surface area (Å²) >= 11 is 0. The quantitative estimate of drug-likeness (QED) is 0.856. The van der Waals surface area contributed by atoms with Gasteiger partial charge in [0.1, 0.15) is 0 Å². The van der Waals surface area contributed by atoms with Crippen LogP contribution in [0.2, 0.25) is 0 Å². The molecule has 0 aliphatic carbocycles. The Morgan fingerprint density at radius 1 is 1.17 bits per heavy atom. The first-order chi connectivity index (χ1) is 11.3. The summed E-state index contributed by atoms with van der Waals surface area (Å²) in [5.74, 6) is 0.697. The molecular formula is C20H22N2O. The topological polar surface area (TPSA) is 25.4 Å². The van der Waals surface area contributed by atoms with Gasteiger partial charge in [0.05, 0.1) is 7.11 Å². The molecule has 2 unspecified atom stereocenters. The predicted octanol–water partition coefficient (Wildman–Crippen LogP) is 3.91. The molecule has 3 heteroatoms. The Hall–Kier alpha value is -2.13. The Balaban J connectivity index is 1.56. The van der Waals surface area contributed by atoms with E-state index in [4.69, 9.17) is 4.74 Å². The van der Waals surface area contributed by atoms with Crippen LogP contribution in [-0.2, 0) is 6.54 Å². The van der Waals surface area contributed by atoms with Crippen molar-refractivity contribution < 1.29 is 4.74 Å². The van der Waals surface area contributed by atoms with Crippen LogP contribution in [0, 0.1) is 0 Å². The largest absolute Gasteiger partial charge is 0.481 e. The molecule has 4 rings (SSSR count). The second kappa shape index (κ2) is 6.17. The van der Waals surface area contributed by atoms with Gasteiger partial charge in [0.2, 0.25) is 5.88 Å². The van der Waals surface area contributed by atoms with Crippen molar-refractivity contribution in [2.24, 2.45) is 0 Å². The van der Waals surface area contributed by atoms with Gasteiger partial charge >= 0.3 is 0 Å². The Morgan fingerprint density at radius 2 is 2.04 bits per heavy atom. The lowest BCUT2D eigenvalue weighted by Gasteiger charge is -2.34. The molecule has 0 radical (unpaired) electrons. The van der Waals surface area contributed by atoms with Crippen LogP contribution in [0.1, 0.15) is 30.4 Å². The fourth-order valence-electron chi connectivity index (χ4n) is 3.89. The third kappa shape index (κ3) is 2.89. The van der Waals surface area contributed by atoms with E-state index in [0.717, 1.165) is 13.0 Å². The summed E-state index contributed by atoms with van der Waals surface area (Å²) in [6.45, 7) is 1.06. The molecule has 2 bridgehead atoms. The summed E-state index contributed by atoms with van der Waals surface area (Å²) in [4.78, 5) is 6.88. The molecule has 0 N–H and O–H groups in total. The number of nitrogens with zero attached hydrogens (tertiary/aromatic N) is 2. The normalized spacial score (nSPS) is 23.6. The minimum absolute atomic E-state index is 0.558. The van der Waals surface area contributed by atoms with Crippen LogP contribution in [-0.4, -0.2) is 29.1 Å². The lowest BCUT2D eigenvalue weighted by atomic mass is 9.95. The molecule has 1 saturated heterocycles. The van der Waals surface area contributed by atoms with Gasteiger partial charge in [-0.15, -0.1) is 0 Å². The maximum atomic E-state index is 5.27. The molecular weight excluding hydrogens is 284 g/mol. The highest BCUT2D eigenvalue weighted by Crippen LogP contribution is 2.39. The van der Waals surface area contributed by atoms with Crippen molar-refractivity contribution in [2.75, 3.05) is 7.11 Å². The van der Waals surface area contributed by atoms with E-state index in [0.29, 0.717) is 18.0 Å². The zero-order valence-electron chi connectivity index (χ0n) is 13.5. The van der Waals surface area contributed by atoms with E-state index in [2.05, 4.69) is 58.4 Å². The Bertz CT molecular complexity index is 711. The molecule has 0 amide bonds. The molecule has 3 heterocycles. The lowest BCUT2D eigenvalue weighted by molar-refractivity contribution is 0.203. The highest BCUT2D eigenvalue weighted by molar-refractivity contribution is 5.68. The monoisotopic (exact) mass is 306 g/mol. The number of benzene rings is 1.